The number of ether oxygens (including phenoxy) is 1. The SMILES string of the molecule is CC(C)(C)OC(=O)[C@@H]1CCc2nc3ccccc3c(=O)n21. The van der Waals surface area contributed by atoms with Crippen LogP contribution in [0.2, 0.25) is 0 Å². The van der Waals surface area contributed by atoms with Gasteiger partial charge in [-0.1, -0.05) is 12.1 Å². The number of esters is 1. The summed E-state index contributed by atoms with van der Waals surface area (Å²) in [6, 6.07) is 6.65. The van der Waals surface area contributed by atoms with Crippen LogP contribution in [0.5, 0.6) is 0 Å². The quantitative estimate of drug-likeness (QED) is 0.754. The largest absolute Gasteiger partial charge is 0.458 e. The zero-order chi connectivity index (χ0) is 15.2. The first-order valence-electron chi connectivity index (χ1n) is 7.10. The normalized spacial score (nSPS) is 17.8. The average molecular weight is 286 g/mol. The summed E-state index contributed by atoms with van der Waals surface area (Å²) in [5.74, 6) is 0.301. The van der Waals surface area contributed by atoms with Crippen LogP contribution in [0.3, 0.4) is 0 Å². The standard InChI is InChI=1S/C16H18N2O3/c1-16(2,3)21-15(20)12-8-9-13-17-11-7-5-4-6-10(11)14(19)18(12)13/h4-7,12H,8-9H2,1-3H3/t12-/m0/s1. The molecule has 1 aliphatic heterocycles. The third kappa shape index (κ3) is 2.44. The molecule has 0 saturated carbocycles. The summed E-state index contributed by atoms with van der Waals surface area (Å²) in [5.41, 5.74) is -0.0455. The van der Waals surface area contributed by atoms with E-state index in [1.807, 2.05) is 32.9 Å². The van der Waals surface area contributed by atoms with E-state index in [4.69, 9.17) is 4.74 Å². The molecule has 5 nitrogen and oxygen atoms in total. The second-order valence-corrected chi connectivity index (χ2v) is 6.31. The molecule has 110 valence electrons. The predicted molar refractivity (Wildman–Crippen MR) is 79.2 cm³/mol. The lowest BCUT2D eigenvalue weighted by atomic mass is 10.1. The van der Waals surface area contributed by atoms with Crippen LogP contribution in [0.15, 0.2) is 29.1 Å². The fourth-order valence-corrected chi connectivity index (χ4v) is 2.68. The molecule has 1 atom stereocenters. The Balaban J connectivity index is 2.08. The maximum atomic E-state index is 12.6. The molecule has 3 rings (SSSR count). The minimum Gasteiger partial charge on any atom is -0.458 e. The van der Waals surface area contributed by atoms with Gasteiger partial charge in [0.15, 0.2) is 0 Å². The number of benzene rings is 1. The Bertz CT molecular complexity index is 771. The molecule has 1 aromatic heterocycles. The molecule has 0 amide bonds. The first-order chi connectivity index (χ1) is 9.87. The first-order valence-corrected chi connectivity index (χ1v) is 7.10. The summed E-state index contributed by atoms with van der Waals surface area (Å²) in [5, 5.41) is 0.539. The Labute approximate surface area is 122 Å². The molecule has 2 heterocycles. The van der Waals surface area contributed by atoms with Gasteiger partial charge in [-0.2, -0.15) is 0 Å². The van der Waals surface area contributed by atoms with Gasteiger partial charge in [-0.25, -0.2) is 9.78 Å². The van der Waals surface area contributed by atoms with E-state index in [0.717, 1.165) is 0 Å². The van der Waals surface area contributed by atoms with Crippen molar-refractivity contribution in [3.05, 3.63) is 40.4 Å². The molecular weight excluding hydrogens is 268 g/mol. The lowest BCUT2D eigenvalue weighted by molar-refractivity contribution is -0.158. The van der Waals surface area contributed by atoms with Gasteiger partial charge < -0.3 is 4.74 Å². The van der Waals surface area contributed by atoms with Gasteiger partial charge >= 0.3 is 5.97 Å². The number of hydrogen-bond acceptors (Lipinski definition) is 4. The second-order valence-electron chi connectivity index (χ2n) is 6.31. The van der Waals surface area contributed by atoms with Gasteiger partial charge in [-0.05, 0) is 39.3 Å². The minimum absolute atomic E-state index is 0.163. The number of carbonyl (C=O) groups excluding carboxylic acids is 1. The number of hydrogen-bond donors (Lipinski definition) is 0. The number of rotatable bonds is 1. The van der Waals surface area contributed by atoms with Crippen molar-refractivity contribution in [2.75, 3.05) is 0 Å². The Hall–Kier alpha value is -2.17. The van der Waals surface area contributed by atoms with Crippen LogP contribution in [0.1, 0.15) is 39.1 Å². The highest BCUT2D eigenvalue weighted by Crippen LogP contribution is 2.26. The van der Waals surface area contributed by atoms with Gasteiger partial charge in [-0.15, -0.1) is 0 Å². The van der Waals surface area contributed by atoms with Gasteiger partial charge in [0.05, 0.1) is 10.9 Å². The molecule has 0 fully saturated rings. The van der Waals surface area contributed by atoms with E-state index < -0.39 is 11.6 Å². The van der Waals surface area contributed by atoms with Gasteiger partial charge in [0, 0.05) is 6.42 Å². The smallest absolute Gasteiger partial charge is 0.329 e. The monoisotopic (exact) mass is 286 g/mol. The van der Waals surface area contributed by atoms with Crippen LogP contribution in [0.25, 0.3) is 10.9 Å². The van der Waals surface area contributed by atoms with Crippen molar-refractivity contribution in [1.29, 1.82) is 0 Å². The van der Waals surface area contributed by atoms with E-state index in [0.29, 0.717) is 29.6 Å². The number of carbonyl (C=O) groups is 1. The molecule has 0 unspecified atom stereocenters. The Kier molecular flexibility index (Phi) is 3.08. The highest BCUT2D eigenvalue weighted by Gasteiger charge is 2.34. The van der Waals surface area contributed by atoms with Crippen LogP contribution in [-0.4, -0.2) is 21.1 Å². The Morgan fingerprint density at radius 3 is 2.76 bits per heavy atom. The predicted octanol–water partition coefficient (Wildman–Crippen LogP) is 2.23. The van der Waals surface area contributed by atoms with Crippen molar-refractivity contribution in [1.82, 2.24) is 9.55 Å². The Morgan fingerprint density at radius 1 is 1.33 bits per heavy atom. The number of fused-ring (bicyclic) bond motifs is 2. The lowest BCUT2D eigenvalue weighted by Gasteiger charge is -2.23. The highest BCUT2D eigenvalue weighted by molar-refractivity contribution is 5.79. The number of nitrogens with zero attached hydrogens (tertiary/aromatic N) is 2. The Morgan fingerprint density at radius 2 is 2.05 bits per heavy atom. The minimum atomic E-state index is -0.566. The molecule has 1 aliphatic rings. The average Bonchev–Trinajstić information content (AvgIpc) is 2.81. The summed E-state index contributed by atoms with van der Waals surface area (Å²) in [7, 11) is 0. The molecular formula is C16H18N2O3. The van der Waals surface area contributed by atoms with Crippen molar-refractivity contribution in [3.63, 3.8) is 0 Å². The second kappa shape index (κ2) is 4.69. The molecule has 1 aromatic carbocycles. The van der Waals surface area contributed by atoms with E-state index in [9.17, 15) is 9.59 Å². The van der Waals surface area contributed by atoms with Crippen LogP contribution >= 0.6 is 0 Å². The van der Waals surface area contributed by atoms with Crippen LogP contribution in [0, 0.1) is 0 Å². The molecule has 0 bridgehead atoms. The van der Waals surface area contributed by atoms with Crippen molar-refractivity contribution < 1.29 is 9.53 Å². The maximum Gasteiger partial charge on any atom is 0.329 e. The van der Waals surface area contributed by atoms with Gasteiger partial charge in [0.2, 0.25) is 0 Å². The summed E-state index contributed by atoms with van der Waals surface area (Å²) in [6.07, 6.45) is 1.18. The summed E-state index contributed by atoms with van der Waals surface area (Å²) < 4.78 is 6.92. The topological polar surface area (TPSA) is 61.2 Å². The van der Waals surface area contributed by atoms with E-state index in [-0.39, 0.29) is 11.5 Å². The van der Waals surface area contributed by atoms with Crippen molar-refractivity contribution in [3.8, 4) is 0 Å². The van der Waals surface area contributed by atoms with Crippen LogP contribution in [0.4, 0.5) is 0 Å². The van der Waals surface area contributed by atoms with Gasteiger partial charge in [-0.3, -0.25) is 9.36 Å². The van der Waals surface area contributed by atoms with Crippen LogP contribution < -0.4 is 5.56 Å². The van der Waals surface area contributed by atoms with Gasteiger partial charge in [0.1, 0.15) is 17.5 Å². The highest BCUT2D eigenvalue weighted by atomic mass is 16.6. The summed E-state index contributed by atoms with van der Waals surface area (Å²) in [4.78, 5) is 29.4. The van der Waals surface area contributed by atoms with E-state index in [1.165, 1.54) is 4.57 Å². The molecule has 2 aromatic rings. The third-order valence-electron chi connectivity index (χ3n) is 3.51. The molecule has 0 radical (unpaired) electrons. The molecule has 21 heavy (non-hydrogen) atoms. The fraction of sp³-hybridized carbons (Fsp3) is 0.438. The number of aryl methyl sites for hydroxylation is 1. The molecule has 0 spiro atoms. The number of aromatic nitrogens is 2. The fourth-order valence-electron chi connectivity index (χ4n) is 2.68. The zero-order valence-corrected chi connectivity index (χ0v) is 12.4. The van der Waals surface area contributed by atoms with E-state index >= 15 is 0 Å². The lowest BCUT2D eigenvalue weighted by Crippen LogP contribution is -2.33. The first kappa shape index (κ1) is 13.8. The van der Waals surface area contributed by atoms with Crippen molar-refractivity contribution in [2.24, 2.45) is 0 Å². The van der Waals surface area contributed by atoms with E-state index in [1.54, 1.807) is 12.1 Å². The molecule has 0 aliphatic carbocycles. The molecule has 0 saturated heterocycles. The molecule has 5 heteroatoms. The molecule has 0 N–H and O–H groups in total. The third-order valence-corrected chi connectivity index (χ3v) is 3.51. The zero-order valence-electron chi connectivity index (χ0n) is 12.4. The van der Waals surface area contributed by atoms with Gasteiger partial charge in [0.25, 0.3) is 5.56 Å². The van der Waals surface area contributed by atoms with Crippen LogP contribution in [-0.2, 0) is 16.0 Å². The maximum absolute atomic E-state index is 12.6. The van der Waals surface area contributed by atoms with Crippen molar-refractivity contribution >= 4 is 16.9 Å². The summed E-state index contributed by atoms with van der Waals surface area (Å²) >= 11 is 0. The van der Waals surface area contributed by atoms with E-state index in [2.05, 4.69) is 4.98 Å². The number of para-hydroxylation sites is 1. The van der Waals surface area contributed by atoms with Crippen molar-refractivity contribution in [2.45, 2.75) is 45.3 Å². The summed E-state index contributed by atoms with van der Waals surface area (Å²) in [6.45, 7) is 5.46.